The molecule has 2 aromatic carbocycles. The molecule has 0 heterocycles. The van der Waals surface area contributed by atoms with Crippen molar-refractivity contribution in [2.24, 2.45) is 0 Å². The van der Waals surface area contributed by atoms with E-state index in [4.69, 9.17) is 11.6 Å². The molecule has 140 valence electrons. The lowest BCUT2D eigenvalue weighted by atomic mass is 10.1. The number of rotatable bonds is 8. The summed E-state index contributed by atoms with van der Waals surface area (Å²) in [4.78, 5) is 12.0. The third kappa shape index (κ3) is 6.00. The zero-order valence-electron chi connectivity index (χ0n) is 14.3. The van der Waals surface area contributed by atoms with Crippen LogP contribution in [0.4, 0.5) is 10.1 Å². The predicted octanol–water partition coefficient (Wildman–Crippen LogP) is 2.99. The highest BCUT2D eigenvalue weighted by Gasteiger charge is 2.21. The number of anilines is 1. The van der Waals surface area contributed by atoms with Gasteiger partial charge in [0.15, 0.2) is 0 Å². The monoisotopic (exact) mass is 398 g/mol. The molecule has 0 atom stereocenters. The number of carbonyl (C=O) groups is 1. The van der Waals surface area contributed by atoms with Gasteiger partial charge in [-0.25, -0.2) is 12.8 Å². The number of nitrogens with zero attached hydrogens (tertiary/aromatic N) is 1. The Kier molecular flexibility index (Phi) is 6.99. The summed E-state index contributed by atoms with van der Waals surface area (Å²) in [6.07, 6.45) is 1.55. The van der Waals surface area contributed by atoms with Crippen LogP contribution in [-0.2, 0) is 21.2 Å². The van der Waals surface area contributed by atoms with Crippen molar-refractivity contribution in [1.29, 1.82) is 0 Å². The number of sulfonamides is 1. The standard InChI is InChI=1S/C18H20ClFN2O3S/c1-26(24,25)22(17-5-3-2-4-16(17)20)13-11-18(23)21-12-10-14-6-8-15(19)9-7-14/h2-9H,10-13H2,1H3,(H,21,23). The molecular formula is C18H20ClFN2O3S. The van der Waals surface area contributed by atoms with Crippen LogP contribution < -0.4 is 9.62 Å². The topological polar surface area (TPSA) is 66.5 Å². The highest BCUT2D eigenvalue weighted by Crippen LogP contribution is 2.21. The van der Waals surface area contributed by atoms with Crippen molar-refractivity contribution in [2.75, 3.05) is 23.7 Å². The Labute approximate surface area is 157 Å². The van der Waals surface area contributed by atoms with E-state index < -0.39 is 15.8 Å². The lowest BCUT2D eigenvalue weighted by Crippen LogP contribution is -2.35. The largest absolute Gasteiger partial charge is 0.356 e. The van der Waals surface area contributed by atoms with Gasteiger partial charge in [0.05, 0.1) is 11.9 Å². The zero-order valence-corrected chi connectivity index (χ0v) is 15.9. The smallest absolute Gasteiger partial charge is 0.232 e. The zero-order chi connectivity index (χ0) is 19.2. The van der Waals surface area contributed by atoms with Crippen molar-refractivity contribution < 1.29 is 17.6 Å². The van der Waals surface area contributed by atoms with Crippen LogP contribution in [0.3, 0.4) is 0 Å². The van der Waals surface area contributed by atoms with Gasteiger partial charge in [-0.15, -0.1) is 0 Å². The van der Waals surface area contributed by atoms with Crippen molar-refractivity contribution in [3.8, 4) is 0 Å². The van der Waals surface area contributed by atoms with Crippen LogP contribution in [-0.4, -0.2) is 33.7 Å². The normalized spacial score (nSPS) is 11.2. The molecule has 5 nitrogen and oxygen atoms in total. The fourth-order valence-electron chi connectivity index (χ4n) is 2.41. The number of carbonyl (C=O) groups excluding carboxylic acids is 1. The number of para-hydroxylation sites is 1. The second-order valence-corrected chi connectivity index (χ2v) is 8.11. The van der Waals surface area contributed by atoms with E-state index in [0.29, 0.717) is 18.0 Å². The van der Waals surface area contributed by atoms with E-state index in [9.17, 15) is 17.6 Å². The van der Waals surface area contributed by atoms with Gasteiger partial charge in [0.25, 0.3) is 0 Å². The van der Waals surface area contributed by atoms with Gasteiger partial charge in [-0.1, -0.05) is 35.9 Å². The molecule has 0 unspecified atom stereocenters. The molecule has 0 spiro atoms. The van der Waals surface area contributed by atoms with Gasteiger partial charge in [-0.2, -0.15) is 0 Å². The minimum Gasteiger partial charge on any atom is -0.356 e. The summed E-state index contributed by atoms with van der Waals surface area (Å²) in [6, 6.07) is 12.9. The second kappa shape index (κ2) is 9.00. The Hall–Kier alpha value is -2.12. The predicted molar refractivity (Wildman–Crippen MR) is 101 cm³/mol. The molecule has 0 aliphatic carbocycles. The van der Waals surface area contributed by atoms with Crippen LogP contribution in [0.1, 0.15) is 12.0 Å². The molecule has 1 N–H and O–H groups in total. The lowest BCUT2D eigenvalue weighted by Gasteiger charge is -2.22. The van der Waals surface area contributed by atoms with Crippen molar-refractivity contribution in [1.82, 2.24) is 5.32 Å². The maximum atomic E-state index is 13.9. The molecule has 8 heteroatoms. The molecule has 0 saturated carbocycles. The number of hydrogen-bond acceptors (Lipinski definition) is 3. The highest BCUT2D eigenvalue weighted by atomic mass is 35.5. The van der Waals surface area contributed by atoms with Gasteiger partial charge < -0.3 is 5.32 Å². The molecule has 0 bridgehead atoms. The summed E-state index contributed by atoms with van der Waals surface area (Å²) in [7, 11) is -3.70. The van der Waals surface area contributed by atoms with Crippen molar-refractivity contribution in [3.63, 3.8) is 0 Å². The third-order valence-corrected chi connectivity index (χ3v) is 5.14. The number of hydrogen-bond donors (Lipinski definition) is 1. The van der Waals surface area contributed by atoms with E-state index in [0.717, 1.165) is 16.1 Å². The van der Waals surface area contributed by atoms with Crippen LogP contribution in [0.5, 0.6) is 0 Å². The Morgan fingerprint density at radius 2 is 1.81 bits per heavy atom. The molecule has 2 rings (SSSR count). The first kappa shape index (κ1) is 20.2. The van der Waals surface area contributed by atoms with Crippen LogP contribution in [0, 0.1) is 5.82 Å². The average molecular weight is 399 g/mol. The highest BCUT2D eigenvalue weighted by molar-refractivity contribution is 7.92. The quantitative estimate of drug-likeness (QED) is 0.743. The summed E-state index contributed by atoms with van der Waals surface area (Å²) in [5.41, 5.74) is 0.961. The molecule has 0 aliphatic heterocycles. The first-order chi connectivity index (χ1) is 12.3. The Morgan fingerprint density at radius 3 is 2.42 bits per heavy atom. The van der Waals surface area contributed by atoms with E-state index in [2.05, 4.69) is 5.32 Å². The first-order valence-electron chi connectivity index (χ1n) is 8.01. The maximum Gasteiger partial charge on any atom is 0.232 e. The van der Waals surface area contributed by atoms with E-state index in [-0.39, 0.29) is 24.6 Å². The van der Waals surface area contributed by atoms with E-state index >= 15 is 0 Å². The number of nitrogens with one attached hydrogen (secondary N) is 1. The number of benzene rings is 2. The Balaban J connectivity index is 1.89. The lowest BCUT2D eigenvalue weighted by molar-refractivity contribution is -0.120. The molecule has 0 radical (unpaired) electrons. The van der Waals surface area contributed by atoms with Crippen LogP contribution >= 0.6 is 11.6 Å². The summed E-state index contributed by atoms with van der Waals surface area (Å²) in [5.74, 6) is -0.954. The summed E-state index contributed by atoms with van der Waals surface area (Å²) in [6.45, 7) is 0.283. The Bertz CT molecular complexity index is 857. The van der Waals surface area contributed by atoms with Gasteiger partial charge >= 0.3 is 0 Å². The van der Waals surface area contributed by atoms with Gasteiger partial charge in [0.1, 0.15) is 5.82 Å². The minimum atomic E-state index is -3.70. The van der Waals surface area contributed by atoms with E-state index in [1.807, 2.05) is 12.1 Å². The Morgan fingerprint density at radius 1 is 1.15 bits per heavy atom. The number of amides is 1. The molecule has 0 aromatic heterocycles. The molecule has 0 saturated heterocycles. The maximum absolute atomic E-state index is 13.9. The minimum absolute atomic E-state index is 0.0658. The molecule has 2 aromatic rings. The van der Waals surface area contributed by atoms with E-state index in [1.54, 1.807) is 18.2 Å². The fraction of sp³-hybridized carbons (Fsp3) is 0.278. The van der Waals surface area contributed by atoms with Crippen molar-refractivity contribution in [2.45, 2.75) is 12.8 Å². The molecule has 0 fully saturated rings. The van der Waals surface area contributed by atoms with Gasteiger partial charge in [-0.3, -0.25) is 9.10 Å². The average Bonchev–Trinajstić information content (AvgIpc) is 2.57. The summed E-state index contributed by atoms with van der Waals surface area (Å²) >= 11 is 5.82. The summed E-state index contributed by atoms with van der Waals surface area (Å²) < 4.78 is 38.7. The third-order valence-electron chi connectivity index (χ3n) is 3.71. The number of halogens is 2. The summed E-state index contributed by atoms with van der Waals surface area (Å²) in [5, 5.41) is 3.38. The van der Waals surface area contributed by atoms with E-state index in [1.165, 1.54) is 18.2 Å². The molecule has 26 heavy (non-hydrogen) atoms. The molecule has 1 amide bonds. The molecular weight excluding hydrogens is 379 g/mol. The second-order valence-electron chi connectivity index (χ2n) is 5.76. The van der Waals surface area contributed by atoms with Gasteiger partial charge in [0, 0.05) is 24.5 Å². The van der Waals surface area contributed by atoms with Gasteiger partial charge in [-0.05, 0) is 36.2 Å². The van der Waals surface area contributed by atoms with Gasteiger partial charge in [0.2, 0.25) is 15.9 Å². The van der Waals surface area contributed by atoms with Crippen molar-refractivity contribution in [3.05, 3.63) is 64.9 Å². The van der Waals surface area contributed by atoms with Crippen LogP contribution in [0.15, 0.2) is 48.5 Å². The van der Waals surface area contributed by atoms with Crippen LogP contribution in [0.2, 0.25) is 5.02 Å². The first-order valence-corrected chi connectivity index (χ1v) is 10.2. The van der Waals surface area contributed by atoms with Crippen molar-refractivity contribution >= 4 is 33.2 Å². The fourth-order valence-corrected chi connectivity index (χ4v) is 3.46. The SMILES string of the molecule is CS(=O)(=O)N(CCC(=O)NCCc1ccc(Cl)cc1)c1ccccc1F. The molecule has 0 aliphatic rings. The van der Waals surface area contributed by atoms with Crippen LogP contribution in [0.25, 0.3) is 0 Å².